The Kier molecular flexibility index (Phi) is 10.3. The monoisotopic (exact) mass is 624 g/mol. The van der Waals surface area contributed by atoms with Crippen molar-refractivity contribution < 1.29 is 22.7 Å². The molecule has 0 unspecified atom stereocenters. The van der Waals surface area contributed by atoms with Crippen molar-refractivity contribution in [1.82, 2.24) is 24.4 Å². The van der Waals surface area contributed by atoms with Crippen LogP contribution in [-0.4, -0.2) is 77.3 Å². The van der Waals surface area contributed by atoms with E-state index in [2.05, 4.69) is 32.2 Å². The van der Waals surface area contributed by atoms with Gasteiger partial charge in [0.1, 0.15) is 5.69 Å². The maximum Gasteiger partial charge on any atom is 0.422 e. The molecule has 13 heteroatoms. The van der Waals surface area contributed by atoms with Gasteiger partial charge in [0.05, 0.1) is 11.4 Å². The molecular formula is C32H39F3N8O2. The molecule has 2 N–H and O–H groups in total. The van der Waals surface area contributed by atoms with Crippen molar-refractivity contribution in [3.8, 4) is 17.1 Å². The second-order valence-electron chi connectivity index (χ2n) is 11.6. The lowest BCUT2D eigenvalue weighted by Crippen LogP contribution is -2.30. The van der Waals surface area contributed by atoms with Crippen LogP contribution in [0.4, 0.5) is 36.3 Å². The van der Waals surface area contributed by atoms with Gasteiger partial charge in [0.25, 0.3) is 5.91 Å². The highest BCUT2D eigenvalue weighted by Gasteiger charge is 2.30. The van der Waals surface area contributed by atoms with E-state index in [4.69, 9.17) is 4.74 Å². The van der Waals surface area contributed by atoms with Crippen molar-refractivity contribution in [2.75, 3.05) is 56.4 Å². The Balaban J connectivity index is 1.77. The number of ether oxygens (including phenoxy) is 1. The average Bonchev–Trinajstić information content (AvgIpc) is 3.31. The predicted octanol–water partition coefficient (Wildman–Crippen LogP) is 6.25. The molecule has 0 saturated carbocycles. The molecule has 0 aliphatic rings. The third-order valence-electron chi connectivity index (χ3n) is 6.88. The molecule has 1 amide bonds. The first-order valence-electron chi connectivity index (χ1n) is 14.5. The fraction of sp³-hybridized carbons (Fsp3) is 0.375. The number of rotatable bonds is 13. The summed E-state index contributed by atoms with van der Waals surface area (Å²) in [7, 11) is 7.47. The molecule has 240 valence electrons. The molecule has 0 radical (unpaired) electrons. The number of carbonyl (C=O) groups is 1. The highest BCUT2D eigenvalue weighted by atomic mass is 19.4. The van der Waals surface area contributed by atoms with Gasteiger partial charge in [-0.05, 0) is 44.6 Å². The molecule has 0 aliphatic carbocycles. The number of para-hydroxylation sites is 1. The van der Waals surface area contributed by atoms with Crippen molar-refractivity contribution in [2.24, 2.45) is 13.0 Å². The van der Waals surface area contributed by atoms with Crippen LogP contribution < -0.4 is 20.3 Å². The number of benzene rings is 1. The van der Waals surface area contributed by atoms with Gasteiger partial charge in [-0.1, -0.05) is 38.6 Å². The molecule has 1 aromatic carbocycles. The Hall–Kier alpha value is -4.65. The maximum atomic E-state index is 13.3. The molecule has 45 heavy (non-hydrogen) atoms. The third kappa shape index (κ3) is 8.72. The quantitative estimate of drug-likeness (QED) is 0.168. The Morgan fingerprint density at radius 3 is 2.51 bits per heavy atom. The second kappa shape index (κ2) is 14.0. The highest BCUT2D eigenvalue weighted by Crippen LogP contribution is 2.36. The lowest BCUT2D eigenvalue weighted by atomic mass is 10.0. The van der Waals surface area contributed by atoms with Crippen molar-refractivity contribution in [3.05, 3.63) is 60.9 Å². The zero-order valence-electron chi connectivity index (χ0n) is 26.4. The normalized spacial score (nSPS) is 11.7. The maximum absolute atomic E-state index is 13.3. The van der Waals surface area contributed by atoms with Gasteiger partial charge >= 0.3 is 6.18 Å². The molecular weight excluding hydrogens is 585 g/mol. The van der Waals surface area contributed by atoms with Crippen molar-refractivity contribution in [2.45, 2.75) is 26.4 Å². The van der Waals surface area contributed by atoms with Gasteiger partial charge in [0, 0.05) is 61.6 Å². The SMILES string of the molecule is C=C(CC(C)C)C(=O)Nc1cc(Nc2nccc(-c3cn(C)c4ccccc34)n2)c(OCC(F)(F)F)nc1N(C)CCN(C)C. The number of halogens is 3. The summed E-state index contributed by atoms with van der Waals surface area (Å²) in [6.07, 6.45) is -0.635. The van der Waals surface area contributed by atoms with Crippen molar-refractivity contribution in [3.63, 3.8) is 0 Å². The van der Waals surface area contributed by atoms with Crippen LogP contribution in [0.5, 0.6) is 5.88 Å². The topological polar surface area (TPSA) is 100 Å². The second-order valence-corrected chi connectivity index (χ2v) is 11.6. The first kappa shape index (κ1) is 33.2. The Morgan fingerprint density at radius 2 is 1.82 bits per heavy atom. The zero-order valence-corrected chi connectivity index (χ0v) is 26.4. The number of hydrogen-bond donors (Lipinski definition) is 2. The number of alkyl halides is 3. The fourth-order valence-corrected chi connectivity index (χ4v) is 4.71. The van der Waals surface area contributed by atoms with Crippen LogP contribution in [0, 0.1) is 5.92 Å². The summed E-state index contributed by atoms with van der Waals surface area (Å²) in [5, 5.41) is 6.82. The van der Waals surface area contributed by atoms with E-state index < -0.39 is 18.7 Å². The number of aromatic nitrogens is 4. The summed E-state index contributed by atoms with van der Waals surface area (Å²) in [6, 6.07) is 11.1. The molecule has 0 bridgehead atoms. The van der Waals surface area contributed by atoms with Crippen LogP contribution in [0.15, 0.2) is 60.9 Å². The first-order chi connectivity index (χ1) is 21.2. The standard InChI is InChI=1S/C32H39F3N8O2/c1-20(2)16-21(3)29(44)37-25-17-26(30(45-19-32(33,34)35)40-28(25)42(6)15-14-41(4)5)39-31-36-13-12-24(38-31)23-18-43(7)27-11-9-8-10-22(23)27/h8-13,17-18,20H,3,14-16,19H2,1-2,4-7H3,(H,37,44)(H,36,38,39). The van der Waals surface area contributed by atoms with Gasteiger partial charge in [0.15, 0.2) is 12.4 Å². The van der Waals surface area contributed by atoms with Crippen LogP contribution >= 0.6 is 0 Å². The van der Waals surface area contributed by atoms with E-state index in [0.717, 1.165) is 16.5 Å². The largest absolute Gasteiger partial charge is 0.466 e. The number of pyridine rings is 1. The molecule has 3 heterocycles. The summed E-state index contributed by atoms with van der Waals surface area (Å²) >= 11 is 0. The summed E-state index contributed by atoms with van der Waals surface area (Å²) in [6.45, 7) is 7.39. The van der Waals surface area contributed by atoms with E-state index in [-0.39, 0.29) is 34.9 Å². The number of aryl methyl sites for hydroxylation is 1. The van der Waals surface area contributed by atoms with E-state index >= 15 is 0 Å². The number of hydrogen-bond acceptors (Lipinski definition) is 8. The van der Waals surface area contributed by atoms with E-state index in [1.807, 2.05) is 74.9 Å². The number of amides is 1. The van der Waals surface area contributed by atoms with Gasteiger partial charge in [-0.2, -0.15) is 18.2 Å². The van der Waals surface area contributed by atoms with E-state index in [1.165, 1.54) is 6.07 Å². The van der Waals surface area contributed by atoms with Crippen molar-refractivity contribution in [1.29, 1.82) is 0 Å². The van der Waals surface area contributed by atoms with Gasteiger partial charge in [-0.3, -0.25) is 4.79 Å². The number of carbonyl (C=O) groups excluding carboxylic acids is 1. The van der Waals surface area contributed by atoms with Gasteiger partial charge in [-0.25, -0.2) is 9.97 Å². The van der Waals surface area contributed by atoms with Gasteiger partial charge < -0.3 is 29.7 Å². The number of nitrogens with zero attached hydrogens (tertiary/aromatic N) is 6. The van der Waals surface area contributed by atoms with E-state index in [9.17, 15) is 18.0 Å². The lowest BCUT2D eigenvalue weighted by molar-refractivity contribution is -0.153. The molecule has 0 atom stereocenters. The number of fused-ring (bicyclic) bond motifs is 1. The molecule has 4 rings (SSSR count). The molecule has 4 aromatic rings. The van der Waals surface area contributed by atoms with Crippen LogP contribution in [0.25, 0.3) is 22.2 Å². The Bertz CT molecular complexity index is 1670. The molecule has 0 spiro atoms. The zero-order chi connectivity index (χ0) is 32.9. The van der Waals surface area contributed by atoms with Crippen LogP contribution in [0.3, 0.4) is 0 Å². The molecule has 3 aromatic heterocycles. The fourth-order valence-electron chi connectivity index (χ4n) is 4.71. The molecule has 10 nitrogen and oxygen atoms in total. The summed E-state index contributed by atoms with van der Waals surface area (Å²) in [5.41, 5.74) is 3.15. The smallest absolute Gasteiger partial charge is 0.422 e. The van der Waals surface area contributed by atoms with Crippen LogP contribution in [0.1, 0.15) is 20.3 Å². The summed E-state index contributed by atoms with van der Waals surface area (Å²) in [4.78, 5) is 30.2. The van der Waals surface area contributed by atoms with Gasteiger partial charge in [0.2, 0.25) is 11.8 Å². The minimum Gasteiger partial charge on any atom is -0.466 e. The van der Waals surface area contributed by atoms with E-state index in [0.29, 0.717) is 30.8 Å². The lowest BCUT2D eigenvalue weighted by Gasteiger charge is -2.25. The Labute approximate surface area is 260 Å². The van der Waals surface area contributed by atoms with Crippen molar-refractivity contribution >= 4 is 40.0 Å². The number of anilines is 4. The average molecular weight is 625 g/mol. The predicted molar refractivity (Wildman–Crippen MR) is 172 cm³/mol. The third-order valence-corrected chi connectivity index (χ3v) is 6.88. The number of likely N-dealkylation sites (N-methyl/N-ethyl adjacent to an activating group) is 2. The highest BCUT2D eigenvalue weighted by molar-refractivity contribution is 6.05. The Morgan fingerprint density at radius 1 is 1.09 bits per heavy atom. The summed E-state index contributed by atoms with van der Waals surface area (Å²) in [5.74, 6) is -0.204. The van der Waals surface area contributed by atoms with Crippen LogP contribution in [0.2, 0.25) is 0 Å². The van der Waals surface area contributed by atoms with Crippen LogP contribution in [-0.2, 0) is 11.8 Å². The molecule has 0 saturated heterocycles. The molecule has 0 fully saturated rings. The molecule has 0 aliphatic heterocycles. The van der Waals surface area contributed by atoms with E-state index in [1.54, 1.807) is 24.2 Å². The summed E-state index contributed by atoms with van der Waals surface area (Å²) < 4.78 is 47.1. The minimum absolute atomic E-state index is 0.0452. The van der Waals surface area contributed by atoms with Gasteiger partial charge in [-0.15, -0.1) is 0 Å². The first-order valence-corrected chi connectivity index (χ1v) is 14.5. The minimum atomic E-state index is -4.61. The number of nitrogens with one attached hydrogen (secondary N) is 2.